The van der Waals surface area contributed by atoms with Gasteiger partial charge in [-0.1, -0.05) is 13.8 Å². The number of carbonyl (C=O) groups excluding carboxylic acids is 2. The maximum absolute atomic E-state index is 11.8. The van der Waals surface area contributed by atoms with Crippen molar-refractivity contribution in [3.05, 3.63) is 0 Å². The lowest BCUT2D eigenvalue weighted by molar-refractivity contribution is -0.142. The van der Waals surface area contributed by atoms with Gasteiger partial charge in [-0.2, -0.15) is 0 Å². The van der Waals surface area contributed by atoms with Crippen molar-refractivity contribution in [2.24, 2.45) is 11.8 Å². The van der Waals surface area contributed by atoms with Gasteiger partial charge >= 0.3 is 12.0 Å². The van der Waals surface area contributed by atoms with Gasteiger partial charge in [0.2, 0.25) is 5.91 Å². The van der Waals surface area contributed by atoms with Gasteiger partial charge < -0.3 is 20.6 Å². The molecule has 7 nitrogen and oxygen atoms in total. The van der Waals surface area contributed by atoms with E-state index in [1.807, 2.05) is 6.92 Å². The topological polar surface area (TPSA) is 98.7 Å². The Hall–Kier alpha value is -1.79. The van der Waals surface area contributed by atoms with Crippen LogP contribution in [0.4, 0.5) is 4.79 Å². The molecule has 1 rings (SSSR count). The third kappa shape index (κ3) is 4.42. The van der Waals surface area contributed by atoms with E-state index in [4.69, 9.17) is 5.11 Å². The molecule has 0 saturated carbocycles. The summed E-state index contributed by atoms with van der Waals surface area (Å²) >= 11 is 0. The third-order valence-electron chi connectivity index (χ3n) is 3.19. The molecule has 1 aliphatic heterocycles. The molecule has 1 saturated heterocycles. The SMILES string of the molecule is CCCNC(=O)CNC(=O)N1CC(C)C(C(=O)O)C1. The normalized spacial score (nSPS) is 22.1. The highest BCUT2D eigenvalue weighted by Gasteiger charge is 2.36. The lowest BCUT2D eigenvalue weighted by Crippen LogP contribution is -2.44. The number of hydrogen-bond donors (Lipinski definition) is 3. The van der Waals surface area contributed by atoms with Crippen LogP contribution in [0.2, 0.25) is 0 Å². The molecule has 3 amide bonds. The Labute approximate surface area is 112 Å². The molecule has 0 radical (unpaired) electrons. The third-order valence-corrected chi connectivity index (χ3v) is 3.19. The smallest absolute Gasteiger partial charge is 0.317 e. The molecule has 0 aromatic heterocycles. The molecular formula is C12H21N3O4. The first kappa shape index (κ1) is 15.3. The molecule has 1 heterocycles. The van der Waals surface area contributed by atoms with Crippen molar-refractivity contribution in [3.8, 4) is 0 Å². The summed E-state index contributed by atoms with van der Waals surface area (Å²) in [7, 11) is 0. The molecule has 2 unspecified atom stereocenters. The Morgan fingerprint density at radius 2 is 1.95 bits per heavy atom. The number of likely N-dealkylation sites (tertiary alicyclic amines) is 1. The van der Waals surface area contributed by atoms with Crippen molar-refractivity contribution in [1.82, 2.24) is 15.5 Å². The van der Waals surface area contributed by atoms with Gasteiger partial charge in [-0.05, 0) is 12.3 Å². The lowest BCUT2D eigenvalue weighted by atomic mass is 9.99. The van der Waals surface area contributed by atoms with Crippen LogP contribution < -0.4 is 10.6 Å². The van der Waals surface area contributed by atoms with Crippen LogP contribution in [-0.4, -0.2) is 54.1 Å². The number of carboxylic acids is 1. The van der Waals surface area contributed by atoms with Crippen LogP contribution in [0.15, 0.2) is 0 Å². The summed E-state index contributed by atoms with van der Waals surface area (Å²) in [5, 5.41) is 14.1. The van der Waals surface area contributed by atoms with Gasteiger partial charge in [0, 0.05) is 19.6 Å². The van der Waals surface area contributed by atoms with E-state index in [2.05, 4.69) is 10.6 Å². The van der Waals surface area contributed by atoms with Gasteiger partial charge in [0.15, 0.2) is 0 Å². The molecule has 0 aliphatic carbocycles. The first-order valence-corrected chi connectivity index (χ1v) is 6.48. The summed E-state index contributed by atoms with van der Waals surface area (Å²) in [4.78, 5) is 35.5. The largest absolute Gasteiger partial charge is 0.481 e. The van der Waals surface area contributed by atoms with Gasteiger partial charge in [-0.15, -0.1) is 0 Å². The van der Waals surface area contributed by atoms with Crippen LogP contribution in [0, 0.1) is 11.8 Å². The molecule has 0 aromatic carbocycles. The maximum Gasteiger partial charge on any atom is 0.317 e. The Balaban J connectivity index is 2.35. The summed E-state index contributed by atoms with van der Waals surface area (Å²) in [5.74, 6) is -1.72. The average Bonchev–Trinajstić information content (AvgIpc) is 2.75. The molecule has 0 bridgehead atoms. The molecule has 2 atom stereocenters. The minimum absolute atomic E-state index is 0.0721. The van der Waals surface area contributed by atoms with E-state index in [-0.39, 0.29) is 30.9 Å². The number of aliphatic carboxylic acids is 1. The quantitative estimate of drug-likeness (QED) is 0.649. The first-order valence-electron chi connectivity index (χ1n) is 6.48. The van der Waals surface area contributed by atoms with Crippen molar-refractivity contribution in [1.29, 1.82) is 0 Å². The number of carbonyl (C=O) groups is 3. The van der Waals surface area contributed by atoms with E-state index in [9.17, 15) is 14.4 Å². The molecule has 0 aromatic rings. The second-order valence-electron chi connectivity index (χ2n) is 4.84. The second-order valence-corrected chi connectivity index (χ2v) is 4.84. The molecule has 1 aliphatic rings. The van der Waals surface area contributed by atoms with Crippen molar-refractivity contribution in [2.45, 2.75) is 20.3 Å². The second kappa shape index (κ2) is 6.96. The molecular weight excluding hydrogens is 250 g/mol. The Morgan fingerprint density at radius 1 is 1.26 bits per heavy atom. The fraction of sp³-hybridized carbons (Fsp3) is 0.750. The van der Waals surface area contributed by atoms with Crippen LogP contribution >= 0.6 is 0 Å². The van der Waals surface area contributed by atoms with E-state index in [0.717, 1.165) is 6.42 Å². The number of amides is 3. The summed E-state index contributed by atoms with van der Waals surface area (Å²) < 4.78 is 0. The van der Waals surface area contributed by atoms with E-state index in [1.165, 1.54) is 4.90 Å². The van der Waals surface area contributed by atoms with E-state index in [0.29, 0.717) is 13.1 Å². The highest BCUT2D eigenvalue weighted by Crippen LogP contribution is 2.22. The minimum atomic E-state index is -0.886. The Bertz CT molecular complexity index is 359. The fourth-order valence-corrected chi connectivity index (χ4v) is 2.05. The van der Waals surface area contributed by atoms with Gasteiger partial charge in [0.05, 0.1) is 12.5 Å². The van der Waals surface area contributed by atoms with Gasteiger partial charge in [-0.25, -0.2) is 4.79 Å². The Kier molecular flexibility index (Phi) is 5.59. The van der Waals surface area contributed by atoms with E-state index >= 15 is 0 Å². The van der Waals surface area contributed by atoms with Crippen LogP contribution in [0.5, 0.6) is 0 Å². The molecule has 0 spiro atoms. The summed E-state index contributed by atoms with van der Waals surface area (Å²) in [5.41, 5.74) is 0. The zero-order valence-electron chi connectivity index (χ0n) is 11.3. The molecule has 7 heteroatoms. The number of nitrogens with one attached hydrogen (secondary N) is 2. The molecule has 108 valence electrons. The van der Waals surface area contributed by atoms with Crippen molar-refractivity contribution < 1.29 is 19.5 Å². The number of urea groups is 1. The monoisotopic (exact) mass is 271 g/mol. The predicted octanol–water partition coefficient (Wildman–Crippen LogP) is -0.125. The number of rotatable bonds is 5. The Morgan fingerprint density at radius 3 is 2.47 bits per heavy atom. The first-order chi connectivity index (χ1) is 8.95. The van der Waals surface area contributed by atoms with Gasteiger partial charge in [-0.3, -0.25) is 9.59 Å². The maximum atomic E-state index is 11.8. The van der Waals surface area contributed by atoms with E-state index in [1.54, 1.807) is 6.92 Å². The molecule has 19 heavy (non-hydrogen) atoms. The van der Waals surface area contributed by atoms with Crippen LogP contribution in [0.1, 0.15) is 20.3 Å². The van der Waals surface area contributed by atoms with Crippen LogP contribution in [-0.2, 0) is 9.59 Å². The number of nitrogens with zero attached hydrogens (tertiary/aromatic N) is 1. The minimum Gasteiger partial charge on any atom is -0.481 e. The lowest BCUT2D eigenvalue weighted by Gasteiger charge is -2.16. The highest BCUT2D eigenvalue weighted by atomic mass is 16.4. The fourth-order valence-electron chi connectivity index (χ4n) is 2.05. The summed E-state index contributed by atoms with van der Waals surface area (Å²) in [6.45, 7) is 4.84. The summed E-state index contributed by atoms with van der Waals surface area (Å²) in [6, 6.07) is -0.387. The van der Waals surface area contributed by atoms with Crippen molar-refractivity contribution in [2.75, 3.05) is 26.2 Å². The molecule has 3 N–H and O–H groups in total. The predicted molar refractivity (Wildman–Crippen MR) is 68.6 cm³/mol. The zero-order valence-corrected chi connectivity index (χ0v) is 11.3. The number of hydrogen-bond acceptors (Lipinski definition) is 3. The van der Waals surface area contributed by atoms with Gasteiger partial charge in [0.25, 0.3) is 0 Å². The highest BCUT2D eigenvalue weighted by molar-refractivity contribution is 5.84. The standard InChI is InChI=1S/C12H21N3O4/c1-3-4-13-10(16)5-14-12(19)15-6-8(2)9(7-15)11(17)18/h8-9H,3-7H2,1-2H3,(H,13,16)(H,14,19)(H,17,18). The number of carboxylic acid groups (broad SMARTS) is 1. The average molecular weight is 271 g/mol. The van der Waals surface area contributed by atoms with Gasteiger partial charge in [0.1, 0.15) is 0 Å². The summed E-state index contributed by atoms with van der Waals surface area (Å²) in [6.07, 6.45) is 0.837. The van der Waals surface area contributed by atoms with E-state index < -0.39 is 11.9 Å². The van der Waals surface area contributed by atoms with Crippen LogP contribution in [0.3, 0.4) is 0 Å². The van der Waals surface area contributed by atoms with Crippen molar-refractivity contribution >= 4 is 17.9 Å². The van der Waals surface area contributed by atoms with Crippen LogP contribution in [0.25, 0.3) is 0 Å². The van der Waals surface area contributed by atoms with Crippen molar-refractivity contribution in [3.63, 3.8) is 0 Å². The molecule has 1 fully saturated rings. The zero-order chi connectivity index (χ0) is 14.4.